The lowest BCUT2D eigenvalue weighted by Gasteiger charge is -2.22. The third-order valence-corrected chi connectivity index (χ3v) is 3.08. The minimum atomic E-state index is -1.11. The molecule has 2 aliphatic rings. The lowest BCUT2D eigenvalue weighted by Crippen LogP contribution is -2.45. The van der Waals surface area contributed by atoms with Crippen LogP contribution in [0.1, 0.15) is 12.8 Å². The van der Waals surface area contributed by atoms with Gasteiger partial charge in [0.2, 0.25) is 5.91 Å². The molecule has 2 N–H and O–H groups in total. The first kappa shape index (κ1) is 13.3. The molecule has 0 aromatic heterocycles. The zero-order valence-corrected chi connectivity index (χ0v) is 10.3. The van der Waals surface area contributed by atoms with E-state index in [1.54, 1.807) is 0 Å². The first-order chi connectivity index (χ1) is 8.97. The van der Waals surface area contributed by atoms with Gasteiger partial charge in [0, 0.05) is 6.54 Å². The topological polar surface area (TPSA) is 107 Å². The van der Waals surface area contributed by atoms with E-state index in [4.69, 9.17) is 5.11 Å². The van der Waals surface area contributed by atoms with Gasteiger partial charge in [0.1, 0.15) is 13.1 Å². The highest BCUT2D eigenvalue weighted by atomic mass is 16.4. The highest BCUT2D eigenvalue weighted by Crippen LogP contribution is 2.29. The van der Waals surface area contributed by atoms with Crippen molar-refractivity contribution in [2.45, 2.75) is 12.8 Å². The molecular formula is C11H15N3O5. The minimum Gasteiger partial charge on any atom is -0.480 e. The molecule has 1 saturated heterocycles. The molecule has 1 heterocycles. The number of hydrogen-bond donors (Lipinski definition) is 2. The summed E-state index contributed by atoms with van der Waals surface area (Å²) < 4.78 is 0. The van der Waals surface area contributed by atoms with Crippen molar-refractivity contribution in [1.82, 2.24) is 15.1 Å². The Labute approximate surface area is 109 Å². The summed E-state index contributed by atoms with van der Waals surface area (Å²) >= 11 is 0. The molecule has 1 aliphatic heterocycles. The van der Waals surface area contributed by atoms with E-state index in [9.17, 15) is 19.2 Å². The fourth-order valence-corrected chi connectivity index (χ4v) is 1.88. The highest BCUT2D eigenvalue weighted by molar-refractivity contribution is 6.04. The van der Waals surface area contributed by atoms with Crippen molar-refractivity contribution in [2.24, 2.45) is 5.92 Å². The Morgan fingerprint density at radius 1 is 1.37 bits per heavy atom. The quantitative estimate of drug-likeness (QED) is 0.593. The number of nitrogens with one attached hydrogen (secondary N) is 1. The average Bonchev–Trinajstić information content (AvgIpc) is 3.09. The number of hydrogen-bond acceptors (Lipinski definition) is 4. The summed E-state index contributed by atoms with van der Waals surface area (Å²) in [6.45, 7) is -0.550. The maximum absolute atomic E-state index is 12.0. The number of carboxylic acid groups (broad SMARTS) is 1. The van der Waals surface area contributed by atoms with Crippen LogP contribution in [0.4, 0.5) is 4.79 Å². The number of carboxylic acids is 1. The second-order valence-corrected chi connectivity index (χ2v) is 4.75. The normalized spacial score (nSPS) is 18.4. The minimum absolute atomic E-state index is 0.117. The predicted octanol–water partition coefficient (Wildman–Crippen LogP) is -1.14. The molecule has 0 aromatic carbocycles. The number of amides is 4. The van der Waals surface area contributed by atoms with Gasteiger partial charge in [0.15, 0.2) is 0 Å². The fraction of sp³-hybridized carbons (Fsp3) is 0.636. The van der Waals surface area contributed by atoms with Gasteiger partial charge in [-0.1, -0.05) is 0 Å². The largest absolute Gasteiger partial charge is 0.480 e. The molecule has 0 spiro atoms. The first-order valence-electron chi connectivity index (χ1n) is 6.05. The van der Waals surface area contributed by atoms with Gasteiger partial charge in [-0.05, 0) is 18.8 Å². The molecule has 0 atom stereocenters. The summed E-state index contributed by atoms with van der Waals surface area (Å²) in [5.74, 6) is -1.75. The molecule has 19 heavy (non-hydrogen) atoms. The van der Waals surface area contributed by atoms with Crippen LogP contribution in [0.2, 0.25) is 0 Å². The number of carbonyl (C=O) groups excluding carboxylic acids is 3. The summed E-state index contributed by atoms with van der Waals surface area (Å²) in [5, 5.41) is 11.1. The number of carbonyl (C=O) groups is 4. The molecule has 2 rings (SSSR count). The van der Waals surface area contributed by atoms with E-state index in [0.29, 0.717) is 12.5 Å². The Kier molecular flexibility index (Phi) is 3.68. The van der Waals surface area contributed by atoms with E-state index in [-0.39, 0.29) is 6.54 Å². The van der Waals surface area contributed by atoms with Crippen LogP contribution >= 0.6 is 0 Å². The van der Waals surface area contributed by atoms with Gasteiger partial charge >= 0.3 is 12.0 Å². The predicted molar refractivity (Wildman–Crippen MR) is 62.1 cm³/mol. The number of aliphatic carboxylic acids is 1. The van der Waals surface area contributed by atoms with Crippen LogP contribution in [0.15, 0.2) is 0 Å². The fourth-order valence-electron chi connectivity index (χ4n) is 1.88. The molecule has 8 heteroatoms. The van der Waals surface area contributed by atoms with Crippen LogP contribution in [-0.2, 0) is 14.4 Å². The molecule has 0 radical (unpaired) electrons. The van der Waals surface area contributed by atoms with Gasteiger partial charge < -0.3 is 15.3 Å². The summed E-state index contributed by atoms with van der Waals surface area (Å²) in [5.41, 5.74) is 0. The van der Waals surface area contributed by atoms with Crippen LogP contribution < -0.4 is 5.32 Å². The Morgan fingerprint density at radius 2 is 2.05 bits per heavy atom. The van der Waals surface area contributed by atoms with Crippen LogP contribution in [0.5, 0.6) is 0 Å². The molecule has 0 aromatic rings. The Bertz CT molecular complexity index is 416. The summed E-state index contributed by atoms with van der Waals surface area (Å²) in [6.07, 6.45) is 1.96. The summed E-state index contributed by atoms with van der Waals surface area (Å²) in [4.78, 5) is 47.4. The second-order valence-electron chi connectivity index (χ2n) is 4.75. The van der Waals surface area contributed by atoms with E-state index < -0.39 is 36.9 Å². The van der Waals surface area contributed by atoms with Crippen molar-refractivity contribution in [3.05, 3.63) is 0 Å². The lowest BCUT2D eigenvalue weighted by molar-refractivity contribution is -0.145. The van der Waals surface area contributed by atoms with Crippen molar-refractivity contribution in [1.29, 1.82) is 0 Å². The van der Waals surface area contributed by atoms with E-state index >= 15 is 0 Å². The van der Waals surface area contributed by atoms with Crippen LogP contribution in [0.25, 0.3) is 0 Å². The maximum atomic E-state index is 12.0. The third-order valence-electron chi connectivity index (χ3n) is 3.08. The van der Waals surface area contributed by atoms with Gasteiger partial charge in [-0.3, -0.25) is 19.3 Å². The Balaban J connectivity index is 1.95. The third kappa shape index (κ3) is 3.43. The van der Waals surface area contributed by atoms with Crippen molar-refractivity contribution >= 4 is 23.8 Å². The zero-order valence-electron chi connectivity index (χ0n) is 10.3. The second kappa shape index (κ2) is 5.25. The Morgan fingerprint density at radius 3 is 2.53 bits per heavy atom. The molecule has 4 amide bonds. The molecular weight excluding hydrogens is 254 g/mol. The number of nitrogens with zero attached hydrogens (tertiary/aromatic N) is 2. The van der Waals surface area contributed by atoms with Gasteiger partial charge in [0.05, 0.1) is 6.54 Å². The molecule has 8 nitrogen and oxygen atoms in total. The maximum Gasteiger partial charge on any atom is 0.325 e. The van der Waals surface area contributed by atoms with Gasteiger partial charge in [0.25, 0.3) is 5.91 Å². The highest BCUT2D eigenvalue weighted by Gasteiger charge is 2.33. The number of urea groups is 1. The molecule has 104 valence electrons. The molecule has 1 aliphatic carbocycles. The zero-order chi connectivity index (χ0) is 14.0. The first-order valence-corrected chi connectivity index (χ1v) is 6.05. The van der Waals surface area contributed by atoms with Crippen molar-refractivity contribution in [3.63, 3.8) is 0 Å². The molecule has 0 bridgehead atoms. The molecule has 1 saturated carbocycles. The van der Waals surface area contributed by atoms with E-state index in [2.05, 4.69) is 5.32 Å². The van der Waals surface area contributed by atoms with Crippen LogP contribution in [-0.4, -0.2) is 64.9 Å². The van der Waals surface area contributed by atoms with Crippen molar-refractivity contribution in [3.8, 4) is 0 Å². The standard InChI is InChI=1S/C11H15N3O5/c15-8-3-12-11(19)14(8)5-9(16)13(6-10(17)18)4-7-1-2-7/h7H,1-6H2,(H,12,19)(H,17,18). The summed E-state index contributed by atoms with van der Waals surface area (Å²) in [7, 11) is 0. The average molecular weight is 269 g/mol. The van der Waals surface area contributed by atoms with Crippen LogP contribution in [0, 0.1) is 5.92 Å². The lowest BCUT2D eigenvalue weighted by atomic mass is 10.3. The van der Waals surface area contributed by atoms with Gasteiger partial charge in [-0.25, -0.2) is 4.79 Å². The smallest absolute Gasteiger partial charge is 0.325 e. The SMILES string of the molecule is O=C(O)CN(CC1CC1)C(=O)CN1C(=O)CNC1=O. The molecule has 2 fully saturated rings. The van der Waals surface area contributed by atoms with Crippen LogP contribution in [0.3, 0.4) is 0 Å². The molecule has 0 unspecified atom stereocenters. The monoisotopic (exact) mass is 269 g/mol. The van der Waals surface area contributed by atoms with Gasteiger partial charge in [-0.2, -0.15) is 0 Å². The van der Waals surface area contributed by atoms with E-state index in [1.807, 2.05) is 0 Å². The van der Waals surface area contributed by atoms with E-state index in [0.717, 1.165) is 17.7 Å². The van der Waals surface area contributed by atoms with Crippen molar-refractivity contribution < 1.29 is 24.3 Å². The van der Waals surface area contributed by atoms with Crippen molar-refractivity contribution in [2.75, 3.05) is 26.2 Å². The van der Waals surface area contributed by atoms with Gasteiger partial charge in [-0.15, -0.1) is 0 Å². The number of imide groups is 1. The van der Waals surface area contributed by atoms with E-state index in [1.165, 1.54) is 4.90 Å². The summed E-state index contributed by atoms with van der Waals surface area (Å²) in [6, 6.07) is -0.611. The number of rotatable bonds is 6. The Hall–Kier alpha value is -2.12.